The van der Waals surface area contributed by atoms with Gasteiger partial charge in [0.1, 0.15) is 0 Å². The Balaban J connectivity index is 1.46. The van der Waals surface area contributed by atoms with E-state index < -0.39 is 4.92 Å². The number of non-ortho nitro benzene ring substituents is 1. The van der Waals surface area contributed by atoms with Crippen LogP contribution in [0.3, 0.4) is 0 Å². The standard InChI is InChI=1S/C22H26N4O4/c1-15-5-3-4-6-19(15)22(28)23-17-9-11-25(12-10-17)14-21(27)24-20-8-7-18(26(29)30)13-16(20)2/h3-8,13,17H,9-12,14H2,1-2H3,(H,23,28)(H,24,27)/p+1. The molecule has 2 aromatic rings. The van der Waals surface area contributed by atoms with E-state index in [2.05, 4.69) is 10.6 Å². The minimum atomic E-state index is -0.454. The number of piperidine rings is 1. The second-order valence-corrected chi connectivity index (χ2v) is 7.79. The Kier molecular flexibility index (Phi) is 6.79. The van der Waals surface area contributed by atoms with E-state index in [1.165, 1.54) is 12.1 Å². The Morgan fingerprint density at radius 3 is 2.43 bits per heavy atom. The van der Waals surface area contributed by atoms with Gasteiger partial charge in [-0.05, 0) is 37.1 Å². The lowest BCUT2D eigenvalue weighted by Gasteiger charge is -2.29. The first kappa shape index (κ1) is 21.4. The van der Waals surface area contributed by atoms with Crippen LogP contribution in [-0.2, 0) is 4.79 Å². The maximum absolute atomic E-state index is 12.5. The van der Waals surface area contributed by atoms with Crippen molar-refractivity contribution in [1.82, 2.24) is 5.32 Å². The fraction of sp³-hybridized carbons (Fsp3) is 0.364. The maximum Gasteiger partial charge on any atom is 0.279 e. The maximum atomic E-state index is 12.5. The normalized spacial score (nSPS) is 18.5. The van der Waals surface area contributed by atoms with Crippen molar-refractivity contribution in [2.45, 2.75) is 32.7 Å². The Morgan fingerprint density at radius 1 is 1.10 bits per heavy atom. The number of nitro benzene ring substituents is 1. The number of benzene rings is 2. The summed E-state index contributed by atoms with van der Waals surface area (Å²) in [5.41, 5.74) is 2.91. The number of anilines is 1. The molecule has 0 saturated carbocycles. The molecular formula is C22H27N4O4+. The van der Waals surface area contributed by atoms with E-state index in [0.29, 0.717) is 23.4 Å². The number of nitro groups is 1. The van der Waals surface area contributed by atoms with Gasteiger partial charge in [0.2, 0.25) is 0 Å². The van der Waals surface area contributed by atoms with Gasteiger partial charge in [0.05, 0.1) is 18.0 Å². The summed E-state index contributed by atoms with van der Waals surface area (Å²) < 4.78 is 0. The first-order valence-electron chi connectivity index (χ1n) is 10.1. The number of likely N-dealkylation sites (tertiary alicyclic amines) is 1. The highest BCUT2D eigenvalue weighted by Gasteiger charge is 2.25. The molecule has 0 bridgehead atoms. The molecule has 8 nitrogen and oxygen atoms in total. The summed E-state index contributed by atoms with van der Waals surface area (Å²) in [4.78, 5) is 36.4. The lowest BCUT2D eigenvalue weighted by molar-refractivity contribution is -0.897. The van der Waals surface area contributed by atoms with E-state index in [1.54, 1.807) is 13.0 Å². The zero-order chi connectivity index (χ0) is 21.7. The van der Waals surface area contributed by atoms with Gasteiger partial charge in [-0.15, -0.1) is 0 Å². The predicted molar refractivity (Wildman–Crippen MR) is 114 cm³/mol. The lowest BCUT2D eigenvalue weighted by atomic mass is 10.0. The van der Waals surface area contributed by atoms with Crippen LogP contribution in [0.5, 0.6) is 0 Å². The zero-order valence-corrected chi connectivity index (χ0v) is 17.2. The molecule has 1 aliphatic heterocycles. The van der Waals surface area contributed by atoms with E-state index in [1.807, 2.05) is 31.2 Å². The number of hydrogen-bond acceptors (Lipinski definition) is 4. The third kappa shape index (κ3) is 5.42. The summed E-state index contributed by atoms with van der Waals surface area (Å²) in [6, 6.07) is 12.0. The second-order valence-electron chi connectivity index (χ2n) is 7.79. The number of nitrogens with one attached hydrogen (secondary N) is 3. The summed E-state index contributed by atoms with van der Waals surface area (Å²) in [6.07, 6.45) is 1.63. The molecule has 158 valence electrons. The van der Waals surface area contributed by atoms with Crippen LogP contribution in [0.25, 0.3) is 0 Å². The van der Waals surface area contributed by atoms with Gasteiger partial charge in [-0.3, -0.25) is 19.7 Å². The van der Waals surface area contributed by atoms with Gasteiger partial charge in [-0.1, -0.05) is 18.2 Å². The monoisotopic (exact) mass is 411 g/mol. The van der Waals surface area contributed by atoms with Crippen LogP contribution in [0.1, 0.15) is 34.3 Å². The van der Waals surface area contributed by atoms with Crippen LogP contribution < -0.4 is 15.5 Å². The zero-order valence-electron chi connectivity index (χ0n) is 17.2. The van der Waals surface area contributed by atoms with Crippen molar-refractivity contribution >= 4 is 23.2 Å². The minimum Gasteiger partial charge on any atom is -0.349 e. The Hall–Kier alpha value is -3.26. The smallest absolute Gasteiger partial charge is 0.279 e. The third-order valence-corrected chi connectivity index (χ3v) is 5.52. The Labute approximate surface area is 175 Å². The first-order valence-corrected chi connectivity index (χ1v) is 10.1. The van der Waals surface area contributed by atoms with Crippen molar-refractivity contribution in [3.8, 4) is 0 Å². The highest BCUT2D eigenvalue weighted by molar-refractivity contribution is 5.95. The van der Waals surface area contributed by atoms with Crippen LogP contribution in [0.2, 0.25) is 0 Å². The fourth-order valence-electron chi connectivity index (χ4n) is 3.76. The highest BCUT2D eigenvalue weighted by atomic mass is 16.6. The Morgan fingerprint density at radius 2 is 1.80 bits per heavy atom. The number of amides is 2. The largest absolute Gasteiger partial charge is 0.349 e. The molecule has 1 aliphatic rings. The molecule has 1 heterocycles. The topological polar surface area (TPSA) is 106 Å². The molecule has 3 N–H and O–H groups in total. The van der Waals surface area contributed by atoms with Crippen LogP contribution in [0, 0.1) is 24.0 Å². The van der Waals surface area contributed by atoms with Gasteiger partial charge in [-0.25, -0.2) is 0 Å². The van der Waals surface area contributed by atoms with Gasteiger partial charge in [0.15, 0.2) is 6.54 Å². The quantitative estimate of drug-likeness (QED) is 0.496. The van der Waals surface area contributed by atoms with E-state index >= 15 is 0 Å². The average molecular weight is 411 g/mol. The van der Waals surface area contributed by atoms with Crippen molar-refractivity contribution < 1.29 is 19.4 Å². The number of aryl methyl sites for hydroxylation is 2. The Bertz CT molecular complexity index is 952. The number of carbonyl (C=O) groups is 2. The van der Waals surface area contributed by atoms with Crippen molar-refractivity contribution in [2.24, 2.45) is 0 Å². The van der Waals surface area contributed by atoms with E-state index in [-0.39, 0.29) is 23.5 Å². The number of hydrogen-bond donors (Lipinski definition) is 3. The van der Waals surface area contributed by atoms with Crippen molar-refractivity contribution in [3.63, 3.8) is 0 Å². The molecule has 0 unspecified atom stereocenters. The molecule has 1 saturated heterocycles. The van der Waals surface area contributed by atoms with Gasteiger partial charge >= 0.3 is 0 Å². The van der Waals surface area contributed by atoms with Gasteiger partial charge in [0.25, 0.3) is 17.5 Å². The average Bonchev–Trinajstić information content (AvgIpc) is 2.71. The first-order chi connectivity index (χ1) is 14.3. The SMILES string of the molecule is Cc1cc([N+](=O)[O-])ccc1NC(=O)C[NH+]1CCC(NC(=O)c2ccccc2C)CC1. The third-order valence-electron chi connectivity index (χ3n) is 5.52. The molecular weight excluding hydrogens is 384 g/mol. The van der Waals surface area contributed by atoms with E-state index in [9.17, 15) is 19.7 Å². The number of rotatable bonds is 6. The van der Waals surface area contributed by atoms with E-state index in [4.69, 9.17) is 0 Å². The second kappa shape index (κ2) is 9.49. The summed E-state index contributed by atoms with van der Waals surface area (Å²) in [5, 5.41) is 16.8. The minimum absolute atomic E-state index is 0.00550. The van der Waals surface area contributed by atoms with Crippen LogP contribution in [0.15, 0.2) is 42.5 Å². The molecule has 1 fully saturated rings. The van der Waals surface area contributed by atoms with Crippen LogP contribution in [-0.4, -0.2) is 42.4 Å². The molecule has 0 aliphatic carbocycles. The van der Waals surface area contributed by atoms with Crippen molar-refractivity contribution in [3.05, 3.63) is 69.3 Å². The molecule has 0 spiro atoms. The van der Waals surface area contributed by atoms with Crippen molar-refractivity contribution in [2.75, 3.05) is 25.0 Å². The van der Waals surface area contributed by atoms with Gasteiger partial charge in [0, 0.05) is 42.3 Å². The number of nitrogens with zero attached hydrogens (tertiary/aromatic N) is 1. The molecule has 0 aromatic heterocycles. The number of quaternary nitrogens is 1. The molecule has 8 heteroatoms. The molecule has 3 rings (SSSR count). The summed E-state index contributed by atoms with van der Waals surface area (Å²) in [5.74, 6) is -0.169. The van der Waals surface area contributed by atoms with E-state index in [0.717, 1.165) is 36.4 Å². The van der Waals surface area contributed by atoms with Crippen molar-refractivity contribution in [1.29, 1.82) is 0 Å². The van der Waals surface area contributed by atoms with Crippen LogP contribution in [0.4, 0.5) is 11.4 Å². The fourth-order valence-corrected chi connectivity index (χ4v) is 3.76. The summed E-state index contributed by atoms with van der Waals surface area (Å²) in [6.45, 7) is 5.58. The van der Waals surface area contributed by atoms with Gasteiger partial charge < -0.3 is 15.5 Å². The van der Waals surface area contributed by atoms with Crippen LogP contribution >= 0.6 is 0 Å². The summed E-state index contributed by atoms with van der Waals surface area (Å²) >= 11 is 0. The molecule has 2 amide bonds. The molecule has 0 radical (unpaired) electrons. The lowest BCUT2D eigenvalue weighted by Crippen LogP contribution is -3.14. The summed E-state index contributed by atoms with van der Waals surface area (Å²) in [7, 11) is 0. The molecule has 0 atom stereocenters. The molecule has 30 heavy (non-hydrogen) atoms. The molecule has 2 aromatic carbocycles. The van der Waals surface area contributed by atoms with Gasteiger partial charge in [-0.2, -0.15) is 0 Å². The predicted octanol–water partition coefficient (Wildman–Crippen LogP) is 1.63. The number of carbonyl (C=O) groups excluding carboxylic acids is 2. The highest BCUT2D eigenvalue weighted by Crippen LogP contribution is 2.20.